The second-order valence-electron chi connectivity index (χ2n) is 13.6. The number of allylic oxidation sites excluding steroid dienone is 1. The summed E-state index contributed by atoms with van der Waals surface area (Å²) in [5.74, 6) is 0.885. The highest BCUT2D eigenvalue weighted by Crippen LogP contribution is 2.66. The van der Waals surface area contributed by atoms with Crippen molar-refractivity contribution in [3.05, 3.63) is 58.0 Å². The lowest BCUT2D eigenvalue weighted by molar-refractivity contribution is -0.177. The number of rotatable bonds is 7. The number of pyridine rings is 1. The first-order valence-electron chi connectivity index (χ1n) is 15.5. The number of aromatic amines is 1. The molecule has 45 heavy (non-hydrogen) atoms. The van der Waals surface area contributed by atoms with Gasteiger partial charge in [0.15, 0.2) is 11.2 Å². The van der Waals surface area contributed by atoms with E-state index in [1.807, 2.05) is 25.1 Å². The van der Waals surface area contributed by atoms with Gasteiger partial charge in [0.2, 0.25) is 5.95 Å². The van der Waals surface area contributed by atoms with Gasteiger partial charge in [-0.2, -0.15) is 4.98 Å². The average molecular weight is 618 g/mol. The Labute approximate surface area is 259 Å². The molecule has 0 radical (unpaired) electrons. The SMILES string of the molecule is Cn1c(/C=C2\C=C(C(CC3C4(CCC5[C@]3(C)CC[C@@H](O)[C@@]5(C)CO)CO4)Nc3ccccn3)C(=O)O2)nc2c(=O)[nH]c(N)nc21. The lowest BCUT2D eigenvalue weighted by Crippen LogP contribution is -2.61. The predicted octanol–water partition coefficient (Wildman–Crippen LogP) is 2.28. The molecular weight excluding hydrogens is 578 g/mol. The Morgan fingerprint density at radius 2 is 2.04 bits per heavy atom. The molecule has 238 valence electrons. The number of aryl methyl sites for hydroxylation is 1. The highest BCUT2D eigenvalue weighted by atomic mass is 16.6. The van der Waals surface area contributed by atoms with E-state index in [-0.39, 0.29) is 46.7 Å². The van der Waals surface area contributed by atoms with Crippen LogP contribution < -0.4 is 16.6 Å². The number of nitrogens with zero attached hydrogens (tertiary/aromatic N) is 4. The Kier molecular flexibility index (Phi) is 6.91. The number of imidazole rings is 1. The average Bonchev–Trinajstić information content (AvgIpc) is 3.59. The number of H-pyrrole nitrogens is 1. The molecule has 4 unspecified atom stereocenters. The van der Waals surface area contributed by atoms with E-state index in [0.29, 0.717) is 42.3 Å². The molecule has 2 aliphatic carbocycles. The van der Waals surface area contributed by atoms with Gasteiger partial charge < -0.3 is 35.3 Å². The second kappa shape index (κ2) is 10.5. The smallest absolute Gasteiger partial charge is 0.341 e. The van der Waals surface area contributed by atoms with Gasteiger partial charge in [-0.05, 0) is 67.6 Å². The number of nitrogen functional groups attached to an aromatic ring is 1. The van der Waals surface area contributed by atoms with Crippen LogP contribution >= 0.6 is 0 Å². The molecule has 7 rings (SSSR count). The minimum absolute atomic E-state index is 0.0181. The van der Waals surface area contributed by atoms with E-state index in [0.717, 1.165) is 19.3 Å². The Morgan fingerprint density at radius 3 is 2.76 bits per heavy atom. The summed E-state index contributed by atoms with van der Waals surface area (Å²) in [5, 5.41) is 25.0. The van der Waals surface area contributed by atoms with E-state index in [2.05, 4.69) is 32.2 Å². The molecule has 0 bridgehead atoms. The maximum Gasteiger partial charge on any atom is 0.341 e. The minimum atomic E-state index is -0.625. The van der Waals surface area contributed by atoms with Crippen LogP contribution in [0.4, 0.5) is 11.8 Å². The summed E-state index contributed by atoms with van der Waals surface area (Å²) < 4.78 is 13.6. The molecule has 0 amide bonds. The number of fused-ring (bicyclic) bond motifs is 2. The third-order valence-electron chi connectivity index (χ3n) is 11.1. The number of carbonyl (C=O) groups is 1. The van der Waals surface area contributed by atoms with Crippen molar-refractivity contribution in [1.29, 1.82) is 0 Å². The third kappa shape index (κ3) is 4.75. The number of ether oxygens (including phenoxy) is 2. The maximum atomic E-state index is 13.5. The molecule has 1 saturated heterocycles. The van der Waals surface area contributed by atoms with Gasteiger partial charge in [-0.1, -0.05) is 19.9 Å². The fourth-order valence-electron chi connectivity index (χ4n) is 8.52. The van der Waals surface area contributed by atoms with Crippen molar-refractivity contribution in [3.63, 3.8) is 0 Å². The fraction of sp³-hybridized carbons (Fsp3) is 0.531. The summed E-state index contributed by atoms with van der Waals surface area (Å²) >= 11 is 0. The highest BCUT2D eigenvalue weighted by molar-refractivity contribution is 5.95. The number of nitrogens with one attached hydrogen (secondary N) is 2. The number of hydrogen-bond acceptors (Lipinski definition) is 11. The molecule has 2 aliphatic heterocycles. The number of aliphatic hydroxyl groups is 2. The largest absolute Gasteiger partial charge is 0.423 e. The van der Waals surface area contributed by atoms with Crippen molar-refractivity contribution < 1.29 is 24.5 Å². The maximum absolute atomic E-state index is 13.5. The van der Waals surface area contributed by atoms with Crippen molar-refractivity contribution in [2.45, 2.75) is 63.7 Å². The van der Waals surface area contributed by atoms with Gasteiger partial charge in [0, 0.05) is 24.7 Å². The van der Waals surface area contributed by atoms with Crippen molar-refractivity contribution in [2.75, 3.05) is 24.3 Å². The number of epoxide rings is 1. The Bertz CT molecular complexity index is 1780. The van der Waals surface area contributed by atoms with Gasteiger partial charge in [-0.15, -0.1) is 0 Å². The Hall–Kier alpha value is -4.07. The number of hydrogen-bond donors (Lipinski definition) is 5. The number of esters is 1. The van der Waals surface area contributed by atoms with Crippen LogP contribution in [0.3, 0.4) is 0 Å². The van der Waals surface area contributed by atoms with Crippen LogP contribution in [-0.2, 0) is 21.3 Å². The normalized spacial score (nSPS) is 34.1. The van der Waals surface area contributed by atoms with E-state index < -0.39 is 29.1 Å². The van der Waals surface area contributed by atoms with Gasteiger partial charge >= 0.3 is 5.97 Å². The van der Waals surface area contributed by atoms with E-state index in [9.17, 15) is 19.8 Å². The van der Waals surface area contributed by atoms with Crippen LogP contribution in [0.15, 0.2) is 46.6 Å². The number of aromatic nitrogens is 5. The minimum Gasteiger partial charge on any atom is -0.423 e. The zero-order valence-corrected chi connectivity index (χ0v) is 25.6. The van der Waals surface area contributed by atoms with Crippen molar-refractivity contribution >= 4 is 35.0 Å². The summed E-state index contributed by atoms with van der Waals surface area (Å²) in [6.45, 7) is 4.82. The van der Waals surface area contributed by atoms with E-state index in [4.69, 9.17) is 15.2 Å². The molecule has 5 heterocycles. The summed E-state index contributed by atoms with van der Waals surface area (Å²) in [5.41, 5.74) is 4.97. The zero-order chi connectivity index (χ0) is 31.7. The summed E-state index contributed by atoms with van der Waals surface area (Å²) in [6.07, 6.45) is 8.04. The van der Waals surface area contributed by atoms with Gasteiger partial charge in [-0.3, -0.25) is 9.78 Å². The van der Waals surface area contributed by atoms with Crippen LogP contribution in [0, 0.1) is 22.7 Å². The first kappa shape index (κ1) is 29.6. The van der Waals surface area contributed by atoms with E-state index in [1.54, 1.807) is 30.0 Å². The molecular formula is C32H39N7O6. The van der Waals surface area contributed by atoms with Crippen LogP contribution in [-0.4, -0.2) is 71.6 Å². The number of carbonyl (C=O) groups excluding carboxylic acids is 1. The molecule has 4 aliphatic rings. The monoisotopic (exact) mass is 617 g/mol. The number of anilines is 2. The molecule has 2 saturated carbocycles. The zero-order valence-electron chi connectivity index (χ0n) is 25.6. The molecule has 3 fully saturated rings. The molecule has 1 spiro atoms. The van der Waals surface area contributed by atoms with Crippen molar-refractivity contribution in [3.8, 4) is 0 Å². The van der Waals surface area contributed by atoms with Gasteiger partial charge in [0.05, 0.1) is 36.5 Å². The lowest BCUT2D eigenvalue weighted by Gasteiger charge is -2.61. The molecule has 13 nitrogen and oxygen atoms in total. The van der Waals surface area contributed by atoms with Crippen LogP contribution in [0.25, 0.3) is 17.2 Å². The lowest BCUT2D eigenvalue weighted by atomic mass is 9.44. The summed E-state index contributed by atoms with van der Waals surface area (Å²) in [6, 6.07) is 5.09. The number of aliphatic hydroxyl groups excluding tert-OH is 2. The van der Waals surface area contributed by atoms with Gasteiger partial charge in [-0.25, -0.2) is 14.8 Å². The van der Waals surface area contributed by atoms with Gasteiger partial charge in [0.25, 0.3) is 5.56 Å². The van der Waals surface area contributed by atoms with Crippen LogP contribution in [0.1, 0.15) is 51.8 Å². The fourth-order valence-corrected chi connectivity index (χ4v) is 8.52. The molecule has 13 heteroatoms. The second-order valence-corrected chi connectivity index (χ2v) is 13.6. The topological polar surface area (TPSA) is 194 Å². The molecule has 3 aromatic rings. The summed E-state index contributed by atoms with van der Waals surface area (Å²) in [4.78, 5) is 41.5. The van der Waals surface area contributed by atoms with E-state index in [1.165, 1.54) is 0 Å². The third-order valence-corrected chi connectivity index (χ3v) is 11.1. The van der Waals surface area contributed by atoms with Crippen LogP contribution in [0.2, 0.25) is 0 Å². The Morgan fingerprint density at radius 1 is 1.24 bits per heavy atom. The predicted molar refractivity (Wildman–Crippen MR) is 165 cm³/mol. The molecule has 7 atom stereocenters. The number of nitrogens with two attached hydrogens (primary N) is 1. The first-order valence-corrected chi connectivity index (χ1v) is 15.5. The quantitative estimate of drug-likeness (QED) is 0.193. The molecule has 0 aromatic carbocycles. The molecule has 6 N–H and O–H groups in total. The Balaban J connectivity index is 1.26. The van der Waals surface area contributed by atoms with Gasteiger partial charge in [0.1, 0.15) is 17.4 Å². The highest BCUT2D eigenvalue weighted by Gasteiger charge is 2.67. The van der Waals surface area contributed by atoms with Crippen molar-refractivity contribution in [1.82, 2.24) is 24.5 Å². The molecule has 3 aromatic heterocycles. The first-order chi connectivity index (χ1) is 21.5. The summed E-state index contributed by atoms with van der Waals surface area (Å²) in [7, 11) is 1.71. The number of cyclic esters (lactones) is 1. The van der Waals surface area contributed by atoms with E-state index >= 15 is 0 Å². The van der Waals surface area contributed by atoms with Crippen LogP contribution in [0.5, 0.6) is 0 Å². The van der Waals surface area contributed by atoms with Crippen molar-refractivity contribution in [2.24, 2.45) is 29.7 Å². The standard InChI is InChI=1S/C32H39N7O6/c1-30-9-8-22(41)31(2,15-40)20(30)7-10-32(16-44-32)21(30)14-19(35-23-6-4-5-11-34-23)18-12-17(45-28(18)43)13-24-36-25-26(39(24)3)37-29(33)38-27(25)42/h4-6,11-13,19-22,40-41H,7-10,14-16H2,1-3H3,(H,34,35)(H3,33,37,38,42)/b17-13+/t19?,20?,21?,22-,30+,31+,32?/m1/s1.